The van der Waals surface area contributed by atoms with Gasteiger partial charge in [-0.1, -0.05) is 26.0 Å². The van der Waals surface area contributed by atoms with Crippen molar-refractivity contribution in [3.63, 3.8) is 0 Å². The second-order valence-corrected chi connectivity index (χ2v) is 10.3. The van der Waals surface area contributed by atoms with Crippen LogP contribution in [0, 0.1) is 13.8 Å². The number of carbonyl (C=O) groups is 2. The molecular weight excluding hydrogens is 454 g/mol. The molecule has 2 amide bonds. The van der Waals surface area contributed by atoms with Crippen molar-refractivity contribution in [1.29, 1.82) is 0 Å². The molecular formula is C28H37N5O3. The Balaban J connectivity index is 1.68. The summed E-state index contributed by atoms with van der Waals surface area (Å²) in [7, 11) is 0. The molecule has 3 heterocycles. The van der Waals surface area contributed by atoms with Crippen LogP contribution in [-0.4, -0.2) is 57.3 Å². The molecule has 8 heteroatoms. The van der Waals surface area contributed by atoms with Gasteiger partial charge in [-0.3, -0.25) is 9.59 Å². The molecule has 1 N–H and O–H groups in total. The number of ether oxygens (including phenoxy) is 1. The molecule has 0 saturated carbocycles. The normalized spacial score (nSPS) is 15.7. The van der Waals surface area contributed by atoms with Gasteiger partial charge in [-0.2, -0.15) is 5.10 Å². The second kappa shape index (κ2) is 10.8. The minimum Gasteiger partial charge on any atom is -0.376 e. The van der Waals surface area contributed by atoms with Crippen LogP contribution in [0.25, 0.3) is 11.0 Å². The second-order valence-electron chi connectivity index (χ2n) is 10.3. The fraction of sp³-hybridized carbons (Fsp3) is 0.500. The first-order chi connectivity index (χ1) is 17.2. The monoisotopic (exact) mass is 491 g/mol. The molecule has 192 valence electrons. The molecule has 1 saturated heterocycles. The molecule has 1 atom stereocenters. The Labute approximate surface area is 213 Å². The lowest BCUT2D eigenvalue weighted by atomic mass is 10.0. The largest absolute Gasteiger partial charge is 0.376 e. The number of fused-ring (bicyclic) bond motifs is 1. The van der Waals surface area contributed by atoms with Gasteiger partial charge in [-0.05, 0) is 69.7 Å². The van der Waals surface area contributed by atoms with Gasteiger partial charge in [0, 0.05) is 30.6 Å². The molecule has 1 aromatic carbocycles. The Morgan fingerprint density at radius 2 is 2.00 bits per heavy atom. The zero-order valence-corrected chi connectivity index (χ0v) is 22.2. The van der Waals surface area contributed by atoms with E-state index in [1.165, 1.54) is 0 Å². The average molecular weight is 492 g/mol. The van der Waals surface area contributed by atoms with Crippen molar-refractivity contribution in [3.8, 4) is 0 Å². The first-order valence-electron chi connectivity index (χ1n) is 12.8. The van der Waals surface area contributed by atoms with Crippen LogP contribution in [0.3, 0.4) is 0 Å². The summed E-state index contributed by atoms with van der Waals surface area (Å²) in [6.07, 6.45) is 3.46. The Kier molecular flexibility index (Phi) is 7.73. The third-order valence-electron chi connectivity index (χ3n) is 6.85. The summed E-state index contributed by atoms with van der Waals surface area (Å²) < 4.78 is 7.68. The minimum atomic E-state index is -0.234. The molecule has 1 aliphatic heterocycles. The van der Waals surface area contributed by atoms with Gasteiger partial charge in [0.25, 0.3) is 5.91 Å². The molecule has 3 aromatic rings. The number of rotatable bonds is 8. The van der Waals surface area contributed by atoms with Gasteiger partial charge < -0.3 is 15.0 Å². The lowest BCUT2D eigenvalue weighted by Crippen LogP contribution is -2.42. The summed E-state index contributed by atoms with van der Waals surface area (Å²) in [4.78, 5) is 33.6. The van der Waals surface area contributed by atoms with E-state index < -0.39 is 0 Å². The number of hydrogen-bond donors (Lipinski definition) is 1. The van der Waals surface area contributed by atoms with E-state index in [4.69, 9.17) is 9.72 Å². The summed E-state index contributed by atoms with van der Waals surface area (Å²) in [6, 6.07) is 7.77. The number of carbonyl (C=O) groups excluding carboxylic acids is 2. The van der Waals surface area contributed by atoms with Crippen molar-refractivity contribution < 1.29 is 14.3 Å². The third kappa shape index (κ3) is 5.43. The zero-order chi connectivity index (χ0) is 26.0. The number of pyridine rings is 1. The van der Waals surface area contributed by atoms with Gasteiger partial charge in [0.2, 0.25) is 5.91 Å². The number of aryl methyl sites for hydroxylation is 1. The summed E-state index contributed by atoms with van der Waals surface area (Å²) in [6.45, 7) is 13.2. The Hall–Kier alpha value is -3.26. The Morgan fingerprint density at radius 3 is 2.67 bits per heavy atom. The summed E-state index contributed by atoms with van der Waals surface area (Å²) in [5.74, 6) is -0.308. The smallest absolute Gasteiger partial charge is 0.255 e. The minimum absolute atomic E-state index is 0.0643. The van der Waals surface area contributed by atoms with Gasteiger partial charge >= 0.3 is 0 Å². The van der Waals surface area contributed by atoms with Crippen LogP contribution in [0.1, 0.15) is 79.7 Å². The van der Waals surface area contributed by atoms with Crippen molar-refractivity contribution in [2.45, 2.75) is 72.4 Å². The fourth-order valence-electron chi connectivity index (χ4n) is 4.56. The average Bonchev–Trinajstić information content (AvgIpc) is 3.50. The van der Waals surface area contributed by atoms with E-state index in [2.05, 4.69) is 24.3 Å². The maximum atomic E-state index is 14.0. The maximum absolute atomic E-state index is 14.0. The summed E-state index contributed by atoms with van der Waals surface area (Å²) >= 11 is 0. The van der Waals surface area contributed by atoms with Crippen LogP contribution < -0.4 is 5.32 Å². The third-order valence-corrected chi connectivity index (χ3v) is 6.85. The number of benzene rings is 1. The van der Waals surface area contributed by atoms with Crippen molar-refractivity contribution in [2.24, 2.45) is 0 Å². The lowest BCUT2D eigenvalue weighted by Gasteiger charge is -2.26. The van der Waals surface area contributed by atoms with Crippen LogP contribution in [0.5, 0.6) is 0 Å². The number of nitrogens with zero attached hydrogens (tertiary/aromatic N) is 4. The van der Waals surface area contributed by atoms with Crippen LogP contribution in [-0.2, 0) is 9.53 Å². The van der Waals surface area contributed by atoms with Crippen LogP contribution in [0.4, 0.5) is 5.69 Å². The molecule has 1 aliphatic rings. The molecule has 0 bridgehead atoms. The molecule has 0 aliphatic carbocycles. The van der Waals surface area contributed by atoms with E-state index in [9.17, 15) is 9.59 Å². The highest BCUT2D eigenvalue weighted by Gasteiger charge is 2.28. The highest BCUT2D eigenvalue weighted by Crippen LogP contribution is 2.26. The Morgan fingerprint density at radius 1 is 1.22 bits per heavy atom. The molecule has 8 nitrogen and oxygen atoms in total. The van der Waals surface area contributed by atoms with Crippen molar-refractivity contribution in [2.75, 3.05) is 25.0 Å². The lowest BCUT2D eigenvalue weighted by molar-refractivity contribution is -0.117. The van der Waals surface area contributed by atoms with Gasteiger partial charge in [-0.25, -0.2) is 9.67 Å². The highest BCUT2D eigenvalue weighted by molar-refractivity contribution is 6.07. The van der Waals surface area contributed by atoms with Crippen LogP contribution in [0.2, 0.25) is 0 Å². The van der Waals surface area contributed by atoms with Gasteiger partial charge in [0.15, 0.2) is 5.65 Å². The molecule has 0 spiro atoms. The number of amides is 2. The predicted octanol–water partition coefficient (Wildman–Crippen LogP) is 5.01. The van der Waals surface area contributed by atoms with E-state index in [1.807, 2.05) is 56.6 Å². The SMILES string of the molecule is Cc1cccc(NC(=O)CN(CC2CCCO2)C(=O)c2cc(C(C)C)nc3c2cnn3C(C)C)c1C. The van der Waals surface area contributed by atoms with E-state index in [1.54, 1.807) is 11.1 Å². The predicted molar refractivity (Wildman–Crippen MR) is 141 cm³/mol. The number of anilines is 1. The number of nitrogens with one attached hydrogen (secondary N) is 1. The van der Waals surface area contributed by atoms with Crippen molar-refractivity contribution in [3.05, 3.63) is 52.8 Å². The van der Waals surface area contributed by atoms with Crippen molar-refractivity contribution in [1.82, 2.24) is 19.7 Å². The number of hydrogen-bond acceptors (Lipinski definition) is 5. The topological polar surface area (TPSA) is 89.3 Å². The Bertz CT molecular complexity index is 1260. The molecule has 1 unspecified atom stereocenters. The quantitative estimate of drug-likeness (QED) is 0.478. The zero-order valence-electron chi connectivity index (χ0n) is 22.2. The van der Waals surface area contributed by atoms with Gasteiger partial charge in [0.1, 0.15) is 6.54 Å². The standard InChI is InChI=1S/C28H37N5O3/c1-17(2)25-13-22(23-14-29-33(18(3)4)27(23)31-25)28(35)32(15-21-10-8-12-36-21)16-26(34)30-24-11-7-9-19(5)20(24)6/h7,9,11,13-14,17-18,21H,8,10,12,15-16H2,1-6H3,(H,30,34). The van der Waals surface area contributed by atoms with Crippen LogP contribution in [0.15, 0.2) is 30.5 Å². The summed E-state index contributed by atoms with van der Waals surface area (Å²) in [5, 5.41) is 8.21. The van der Waals surface area contributed by atoms with E-state index in [0.717, 1.165) is 35.3 Å². The summed E-state index contributed by atoms with van der Waals surface area (Å²) in [5.41, 5.74) is 4.91. The van der Waals surface area contributed by atoms with Crippen molar-refractivity contribution >= 4 is 28.5 Å². The fourth-order valence-corrected chi connectivity index (χ4v) is 4.56. The molecule has 0 radical (unpaired) electrons. The first kappa shape index (κ1) is 25.8. The van der Waals surface area contributed by atoms with Crippen LogP contribution >= 0.6 is 0 Å². The first-order valence-corrected chi connectivity index (χ1v) is 12.8. The molecule has 2 aromatic heterocycles. The van der Waals surface area contributed by atoms with E-state index in [0.29, 0.717) is 29.7 Å². The van der Waals surface area contributed by atoms with E-state index in [-0.39, 0.29) is 36.4 Å². The number of aromatic nitrogens is 3. The molecule has 36 heavy (non-hydrogen) atoms. The highest BCUT2D eigenvalue weighted by atomic mass is 16.5. The molecule has 1 fully saturated rings. The maximum Gasteiger partial charge on any atom is 0.255 e. The van der Waals surface area contributed by atoms with Gasteiger partial charge in [-0.15, -0.1) is 0 Å². The van der Waals surface area contributed by atoms with E-state index >= 15 is 0 Å². The van der Waals surface area contributed by atoms with Gasteiger partial charge in [0.05, 0.1) is 23.3 Å². The molecule has 4 rings (SSSR count).